The van der Waals surface area contributed by atoms with E-state index in [0.29, 0.717) is 5.56 Å². The van der Waals surface area contributed by atoms with E-state index in [1.54, 1.807) is 6.07 Å². The number of benzene rings is 1. The number of nitrogens with one attached hydrogen (secondary N) is 1. The van der Waals surface area contributed by atoms with Crippen LogP contribution in [0.2, 0.25) is 0 Å². The lowest BCUT2D eigenvalue weighted by Crippen LogP contribution is -2.37. The van der Waals surface area contributed by atoms with Gasteiger partial charge < -0.3 is 10.4 Å². The number of halogens is 1. The highest BCUT2D eigenvalue weighted by atomic mass is 79.9. The van der Waals surface area contributed by atoms with E-state index >= 15 is 0 Å². The lowest BCUT2D eigenvalue weighted by Gasteiger charge is -2.15. The van der Waals surface area contributed by atoms with Gasteiger partial charge in [0.05, 0.1) is 12.6 Å². The molecule has 88 valence electrons. The summed E-state index contributed by atoms with van der Waals surface area (Å²) in [5, 5.41) is 11.8. The van der Waals surface area contributed by atoms with Gasteiger partial charge in [-0.2, -0.15) is 0 Å². The van der Waals surface area contributed by atoms with Gasteiger partial charge in [-0.15, -0.1) is 0 Å². The summed E-state index contributed by atoms with van der Waals surface area (Å²) >= 11 is 3.35. The summed E-state index contributed by atoms with van der Waals surface area (Å²) in [5.74, 6) is -0.133. The third-order valence-corrected chi connectivity index (χ3v) is 2.97. The largest absolute Gasteiger partial charge is 0.394 e. The number of aryl methyl sites for hydroxylation is 1. The van der Waals surface area contributed by atoms with Crippen LogP contribution in [-0.2, 0) is 0 Å². The molecule has 1 aromatic carbocycles. The van der Waals surface area contributed by atoms with Crippen molar-refractivity contribution in [3.63, 3.8) is 0 Å². The van der Waals surface area contributed by atoms with Crippen LogP contribution in [0.4, 0.5) is 0 Å². The summed E-state index contributed by atoms with van der Waals surface area (Å²) < 4.78 is 0.954. The number of aliphatic hydroxyl groups is 1. The molecule has 0 aliphatic carbocycles. The van der Waals surface area contributed by atoms with Crippen LogP contribution in [0.1, 0.15) is 29.3 Å². The molecule has 1 amide bonds. The molecule has 0 heterocycles. The van der Waals surface area contributed by atoms with Crippen LogP contribution < -0.4 is 5.32 Å². The number of rotatable bonds is 4. The summed E-state index contributed by atoms with van der Waals surface area (Å²) in [4.78, 5) is 11.9. The minimum absolute atomic E-state index is 0.0299. The van der Waals surface area contributed by atoms with Gasteiger partial charge in [-0.3, -0.25) is 4.79 Å². The van der Waals surface area contributed by atoms with Gasteiger partial charge in [-0.1, -0.05) is 22.9 Å². The predicted molar refractivity (Wildman–Crippen MR) is 67.5 cm³/mol. The van der Waals surface area contributed by atoms with Crippen molar-refractivity contribution < 1.29 is 9.90 Å². The van der Waals surface area contributed by atoms with Crippen LogP contribution in [0.5, 0.6) is 0 Å². The van der Waals surface area contributed by atoms with Gasteiger partial charge in [-0.05, 0) is 37.1 Å². The third-order valence-electron chi connectivity index (χ3n) is 2.48. The molecular formula is C12H16BrNO2. The van der Waals surface area contributed by atoms with Gasteiger partial charge in [0.1, 0.15) is 0 Å². The van der Waals surface area contributed by atoms with Crippen LogP contribution in [-0.4, -0.2) is 23.7 Å². The first-order valence-electron chi connectivity index (χ1n) is 5.26. The maximum Gasteiger partial charge on any atom is 0.251 e. The Morgan fingerprint density at radius 3 is 2.75 bits per heavy atom. The van der Waals surface area contributed by atoms with Crippen molar-refractivity contribution in [2.75, 3.05) is 6.61 Å². The SMILES string of the molecule is CC[C@H](CO)NC(=O)c1ccc(Br)cc1C. The predicted octanol–water partition coefficient (Wildman–Crippen LogP) is 2.26. The van der Waals surface area contributed by atoms with Crippen LogP contribution in [0.15, 0.2) is 22.7 Å². The fourth-order valence-corrected chi connectivity index (χ4v) is 1.90. The van der Waals surface area contributed by atoms with E-state index in [-0.39, 0.29) is 18.6 Å². The Labute approximate surface area is 104 Å². The Morgan fingerprint density at radius 1 is 1.56 bits per heavy atom. The number of hydrogen-bond donors (Lipinski definition) is 2. The molecule has 1 atom stereocenters. The Morgan fingerprint density at radius 2 is 2.25 bits per heavy atom. The molecule has 0 spiro atoms. The molecule has 16 heavy (non-hydrogen) atoms. The van der Waals surface area contributed by atoms with Crippen molar-refractivity contribution in [1.29, 1.82) is 0 Å². The van der Waals surface area contributed by atoms with E-state index in [1.807, 2.05) is 26.0 Å². The summed E-state index contributed by atoms with van der Waals surface area (Å²) in [6.07, 6.45) is 0.720. The number of hydrogen-bond acceptors (Lipinski definition) is 2. The first-order valence-corrected chi connectivity index (χ1v) is 6.05. The van der Waals surface area contributed by atoms with Crippen molar-refractivity contribution >= 4 is 21.8 Å². The van der Waals surface area contributed by atoms with Crippen molar-refractivity contribution in [3.8, 4) is 0 Å². The molecule has 0 aliphatic heterocycles. The number of aliphatic hydroxyl groups excluding tert-OH is 1. The molecule has 0 saturated heterocycles. The Bertz CT molecular complexity index is 375. The lowest BCUT2D eigenvalue weighted by atomic mass is 10.1. The molecule has 0 aromatic heterocycles. The summed E-state index contributed by atoms with van der Waals surface area (Å²) in [6, 6.07) is 5.34. The van der Waals surface area contributed by atoms with Crippen LogP contribution in [0, 0.1) is 6.92 Å². The monoisotopic (exact) mass is 285 g/mol. The second kappa shape index (κ2) is 6.01. The molecule has 0 fully saturated rings. The average molecular weight is 286 g/mol. The molecule has 1 rings (SSSR count). The second-order valence-corrected chi connectivity index (χ2v) is 4.64. The van der Waals surface area contributed by atoms with Crippen LogP contribution in [0.3, 0.4) is 0 Å². The Hall–Kier alpha value is -0.870. The van der Waals surface area contributed by atoms with Crippen molar-refractivity contribution in [3.05, 3.63) is 33.8 Å². The van der Waals surface area contributed by atoms with E-state index in [2.05, 4.69) is 21.2 Å². The molecule has 0 aliphatic rings. The smallest absolute Gasteiger partial charge is 0.251 e. The fourth-order valence-electron chi connectivity index (χ4n) is 1.42. The molecule has 0 unspecified atom stereocenters. The molecule has 0 radical (unpaired) electrons. The molecule has 3 nitrogen and oxygen atoms in total. The van der Waals surface area contributed by atoms with Crippen LogP contribution in [0.25, 0.3) is 0 Å². The molecule has 2 N–H and O–H groups in total. The molecule has 4 heteroatoms. The third kappa shape index (κ3) is 3.32. The fraction of sp³-hybridized carbons (Fsp3) is 0.417. The molecular weight excluding hydrogens is 270 g/mol. The zero-order valence-corrected chi connectivity index (χ0v) is 11.0. The lowest BCUT2D eigenvalue weighted by molar-refractivity contribution is 0.0914. The van der Waals surface area contributed by atoms with Gasteiger partial charge in [0.2, 0.25) is 0 Å². The molecule has 0 bridgehead atoms. The maximum absolute atomic E-state index is 11.9. The Kier molecular flexibility index (Phi) is 4.96. The highest BCUT2D eigenvalue weighted by Crippen LogP contribution is 2.15. The summed E-state index contributed by atoms with van der Waals surface area (Å²) in [7, 11) is 0. The van der Waals surface area contributed by atoms with Gasteiger partial charge >= 0.3 is 0 Å². The van der Waals surface area contributed by atoms with Gasteiger partial charge in [0, 0.05) is 10.0 Å². The zero-order chi connectivity index (χ0) is 12.1. The average Bonchev–Trinajstić information content (AvgIpc) is 2.25. The van der Waals surface area contributed by atoms with Crippen molar-refractivity contribution in [2.45, 2.75) is 26.3 Å². The molecule has 1 aromatic rings. The first kappa shape index (κ1) is 13.2. The van der Waals surface area contributed by atoms with Crippen molar-refractivity contribution in [2.24, 2.45) is 0 Å². The second-order valence-electron chi connectivity index (χ2n) is 3.72. The summed E-state index contributed by atoms with van der Waals surface area (Å²) in [6.45, 7) is 3.78. The quantitative estimate of drug-likeness (QED) is 0.892. The van der Waals surface area contributed by atoms with Gasteiger partial charge in [0.15, 0.2) is 0 Å². The number of carbonyl (C=O) groups excluding carboxylic acids is 1. The minimum Gasteiger partial charge on any atom is -0.394 e. The van der Waals surface area contributed by atoms with Gasteiger partial charge in [-0.25, -0.2) is 0 Å². The van der Waals surface area contributed by atoms with E-state index in [9.17, 15) is 4.79 Å². The first-order chi connectivity index (χ1) is 7.58. The Balaban J connectivity index is 2.80. The van der Waals surface area contributed by atoms with E-state index in [4.69, 9.17) is 5.11 Å². The highest BCUT2D eigenvalue weighted by Gasteiger charge is 2.13. The van der Waals surface area contributed by atoms with Crippen molar-refractivity contribution in [1.82, 2.24) is 5.32 Å². The highest BCUT2D eigenvalue weighted by molar-refractivity contribution is 9.10. The van der Waals surface area contributed by atoms with E-state index in [0.717, 1.165) is 16.5 Å². The maximum atomic E-state index is 11.9. The standard InChI is InChI=1S/C12H16BrNO2/c1-3-10(7-15)14-12(16)11-5-4-9(13)6-8(11)2/h4-6,10,15H,3,7H2,1-2H3,(H,14,16)/t10-/m1/s1. The van der Waals surface area contributed by atoms with E-state index < -0.39 is 0 Å². The number of amides is 1. The zero-order valence-electron chi connectivity index (χ0n) is 9.46. The van der Waals surface area contributed by atoms with E-state index in [1.165, 1.54) is 0 Å². The molecule has 0 saturated carbocycles. The van der Waals surface area contributed by atoms with Gasteiger partial charge in [0.25, 0.3) is 5.91 Å². The van der Waals surface area contributed by atoms with Crippen LogP contribution >= 0.6 is 15.9 Å². The minimum atomic E-state index is -0.171. The topological polar surface area (TPSA) is 49.3 Å². The number of carbonyl (C=O) groups is 1. The summed E-state index contributed by atoms with van der Waals surface area (Å²) in [5.41, 5.74) is 1.56. The normalized spacial score (nSPS) is 12.2.